The predicted molar refractivity (Wildman–Crippen MR) is 322 cm³/mol. The van der Waals surface area contributed by atoms with E-state index >= 15 is 0 Å². The summed E-state index contributed by atoms with van der Waals surface area (Å²) in [6.07, 6.45) is 8.00. The maximum atomic E-state index is 6.14. The summed E-state index contributed by atoms with van der Waals surface area (Å²) < 4.78 is 8.61. The number of nitrogens with zero attached hydrogens (tertiary/aromatic N) is 1. The van der Waals surface area contributed by atoms with Crippen molar-refractivity contribution in [2.75, 3.05) is 0 Å². The van der Waals surface area contributed by atoms with Gasteiger partial charge >= 0.3 is 0 Å². The summed E-state index contributed by atoms with van der Waals surface area (Å²) in [5.74, 6) is 0. The highest BCUT2D eigenvalue weighted by Crippen LogP contribution is 2.40. The van der Waals surface area contributed by atoms with Crippen LogP contribution in [-0.2, 0) is 0 Å². The Balaban J connectivity index is 0.000000393. The first-order valence-electron chi connectivity index (χ1n) is 25.8. The van der Waals surface area contributed by atoms with Crippen LogP contribution in [-0.4, -0.2) is 4.57 Å². The van der Waals surface area contributed by atoms with Crippen molar-refractivity contribution >= 4 is 43.7 Å². The molecule has 0 saturated heterocycles. The second-order valence-electron chi connectivity index (χ2n) is 18.9. The Morgan fingerprint density at radius 3 is 1.23 bits per heavy atom. The number of aryl methyl sites for hydroxylation is 4. The second kappa shape index (κ2) is 23.2. The highest BCUT2D eigenvalue weighted by molar-refractivity contribution is 6.11. The van der Waals surface area contributed by atoms with Crippen LogP contribution in [0.25, 0.3) is 105 Å². The Labute approximate surface area is 438 Å². The third-order valence-electron chi connectivity index (χ3n) is 13.7. The summed E-state index contributed by atoms with van der Waals surface area (Å²) in [6, 6.07) is 81.1. The summed E-state index contributed by atoms with van der Waals surface area (Å²) in [7, 11) is 0. The Morgan fingerprint density at radius 1 is 0.284 bits per heavy atom. The van der Waals surface area contributed by atoms with E-state index in [1.807, 2.05) is 82.3 Å². The van der Waals surface area contributed by atoms with Crippen molar-refractivity contribution < 1.29 is 4.42 Å². The van der Waals surface area contributed by atoms with Gasteiger partial charge in [-0.2, -0.15) is 0 Å². The molecule has 0 radical (unpaired) electrons. The topological polar surface area (TPSA) is 18.1 Å². The molecule has 0 bridgehead atoms. The lowest BCUT2D eigenvalue weighted by Gasteiger charge is -2.17. The molecular weight excluding hydrogens is 895 g/mol. The molecule has 0 fully saturated rings. The van der Waals surface area contributed by atoms with E-state index in [2.05, 4.69) is 226 Å². The largest absolute Gasteiger partial charge is 0.456 e. The molecule has 0 aliphatic heterocycles. The van der Waals surface area contributed by atoms with Gasteiger partial charge in [0, 0.05) is 21.5 Å². The van der Waals surface area contributed by atoms with E-state index in [-0.39, 0.29) is 0 Å². The second-order valence-corrected chi connectivity index (χ2v) is 18.9. The Hall–Kier alpha value is -8.72. The van der Waals surface area contributed by atoms with Gasteiger partial charge in [-0.25, -0.2) is 0 Å². The van der Waals surface area contributed by atoms with Crippen LogP contribution in [0.4, 0.5) is 0 Å². The maximum absolute atomic E-state index is 6.14. The summed E-state index contributed by atoms with van der Waals surface area (Å²) in [5, 5.41) is 4.79. The normalized spacial score (nSPS) is 11.1. The monoisotopic (exact) mass is 960 g/mol. The molecule has 0 aliphatic rings. The number of para-hydroxylation sites is 2. The average molecular weight is 960 g/mol. The van der Waals surface area contributed by atoms with Gasteiger partial charge in [0.1, 0.15) is 11.2 Å². The molecule has 2 heteroatoms. The van der Waals surface area contributed by atoms with Gasteiger partial charge in [-0.15, -0.1) is 0 Å². The summed E-state index contributed by atoms with van der Waals surface area (Å²) in [4.78, 5) is 0. The van der Waals surface area contributed by atoms with Gasteiger partial charge in [0.05, 0.1) is 16.7 Å². The third-order valence-corrected chi connectivity index (χ3v) is 13.7. The molecular formula is C72H65NO. The predicted octanol–water partition coefficient (Wildman–Crippen LogP) is 21.1. The minimum absolute atomic E-state index is 0.916. The number of hydrogen-bond donors (Lipinski definition) is 0. The fourth-order valence-electron chi connectivity index (χ4n) is 9.69. The molecule has 0 spiro atoms. The SMILES string of the molecule is C/C=C\C.C/C=C\C.Cc1ccc(-c2cccc(-c3cccc(-c4cccc(-c5cc(C)c(-n6c7ccccc7c7cc(-c8ccc9oc%10ccccc%10c9c8)ccc76)c(C)c5)c4)c3)c2)cc1.Cc1ccccc1. The smallest absolute Gasteiger partial charge is 0.135 e. The molecule has 0 atom stereocenters. The van der Waals surface area contributed by atoms with E-state index in [1.54, 1.807) is 0 Å². The van der Waals surface area contributed by atoms with Crippen molar-refractivity contribution in [1.29, 1.82) is 0 Å². The third kappa shape index (κ3) is 11.0. The quantitative estimate of drug-likeness (QED) is 0.152. The van der Waals surface area contributed by atoms with Gasteiger partial charge in [0.25, 0.3) is 0 Å². The first kappa shape index (κ1) is 50.2. The number of aromatic nitrogens is 1. The van der Waals surface area contributed by atoms with Gasteiger partial charge < -0.3 is 8.98 Å². The standard InChI is InChI=1S/C57H41NO.C7H8.2C4H8/c1-36-21-23-39(24-22-36)40-11-8-12-41(31-40)42-13-9-14-43(32-42)44-15-10-16-45(33-44)48-29-37(2)57(38(3)30-48)58-53-19-6-4-17-49(53)51-34-46(25-27-54(51)58)47-26-28-56-52(35-47)50-18-5-7-20-55(50)59-56;1-7-5-3-2-4-6-7;2*1-3-4-2/h4-35H,1-3H3;2-6H,1H3;2*3-4H,1-2H3/b;;2*4-3-. The first-order chi connectivity index (χ1) is 36.2. The molecule has 2 nitrogen and oxygen atoms in total. The molecule has 0 saturated carbocycles. The van der Waals surface area contributed by atoms with Gasteiger partial charge in [0.15, 0.2) is 0 Å². The summed E-state index contributed by atoms with van der Waals surface area (Å²) in [5.41, 5.74) is 22.7. The number of benzene rings is 10. The van der Waals surface area contributed by atoms with Crippen LogP contribution < -0.4 is 0 Å². The van der Waals surface area contributed by atoms with Crippen molar-refractivity contribution in [1.82, 2.24) is 4.57 Å². The zero-order chi connectivity index (χ0) is 51.6. The Kier molecular flexibility index (Phi) is 15.8. The molecule has 0 N–H and O–H groups in total. The fraction of sp³-hybridized carbons (Fsp3) is 0.111. The van der Waals surface area contributed by atoms with E-state index in [0.29, 0.717) is 0 Å². The number of rotatable bonds is 6. The summed E-state index contributed by atoms with van der Waals surface area (Å²) >= 11 is 0. The highest BCUT2D eigenvalue weighted by Gasteiger charge is 2.18. The highest BCUT2D eigenvalue weighted by atomic mass is 16.3. The molecule has 364 valence electrons. The first-order valence-corrected chi connectivity index (χ1v) is 25.8. The molecule has 74 heavy (non-hydrogen) atoms. The minimum atomic E-state index is 0.916. The van der Waals surface area contributed by atoms with Crippen molar-refractivity contribution in [3.05, 3.63) is 271 Å². The van der Waals surface area contributed by atoms with Gasteiger partial charge in [-0.3, -0.25) is 0 Å². The molecule has 0 aliphatic carbocycles. The Bertz CT molecular complexity index is 3870. The summed E-state index contributed by atoms with van der Waals surface area (Å²) in [6.45, 7) is 16.7. The van der Waals surface area contributed by atoms with E-state index in [1.165, 1.54) is 105 Å². The lowest BCUT2D eigenvalue weighted by molar-refractivity contribution is 0.669. The van der Waals surface area contributed by atoms with Crippen LogP contribution in [0.15, 0.2) is 253 Å². The zero-order valence-corrected chi connectivity index (χ0v) is 44.0. The molecule has 12 rings (SSSR count). The number of allylic oxidation sites excluding steroid dienone is 4. The lowest BCUT2D eigenvalue weighted by Crippen LogP contribution is -2.01. The van der Waals surface area contributed by atoms with E-state index in [0.717, 1.165) is 21.9 Å². The van der Waals surface area contributed by atoms with Crippen molar-refractivity contribution in [2.45, 2.75) is 55.4 Å². The molecule has 2 heterocycles. The van der Waals surface area contributed by atoms with Crippen LogP contribution in [0.1, 0.15) is 49.9 Å². The minimum Gasteiger partial charge on any atom is -0.456 e. The van der Waals surface area contributed by atoms with Gasteiger partial charge in [-0.05, 0) is 189 Å². The zero-order valence-electron chi connectivity index (χ0n) is 44.0. The molecule has 0 amide bonds. The number of fused-ring (bicyclic) bond motifs is 6. The van der Waals surface area contributed by atoms with E-state index in [9.17, 15) is 0 Å². The Morgan fingerprint density at radius 2 is 0.689 bits per heavy atom. The number of furan rings is 1. The van der Waals surface area contributed by atoms with Crippen molar-refractivity contribution in [3.63, 3.8) is 0 Å². The fourth-order valence-corrected chi connectivity index (χ4v) is 9.69. The van der Waals surface area contributed by atoms with Crippen LogP contribution in [0.2, 0.25) is 0 Å². The average Bonchev–Trinajstić information content (AvgIpc) is 3.98. The van der Waals surface area contributed by atoms with Crippen LogP contribution in [0, 0.1) is 27.7 Å². The van der Waals surface area contributed by atoms with E-state index < -0.39 is 0 Å². The number of hydrogen-bond acceptors (Lipinski definition) is 1. The van der Waals surface area contributed by atoms with Crippen molar-refractivity contribution in [3.8, 4) is 61.3 Å². The van der Waals surface area contributed by atoms with Crippen LogP contribution >= 0.6 is 0 Å². The molecule has 12 aromatic rings. The molecule has 0 unspecified atom stereocenters. The maximum Gasteiger partial charge on any atom is 0.135 e. The van der Waals surface area contributed by atoms with Gasteiger partial charge in [-0.1, -0.05) is 193 Å². The lowest BCUT2D eigenvalue weighted by atomic mass is 9.93. The molecule has 2 aromatic heterocycles. The van der Waals surface area contributed by atoms with Crippen LogP contribution in [0.5, 0.6) is 0 Å². The van der Waals surface area contributed by atoms with E-state index in [4.69, 9.17) is 4.42 Å². The van der Waals surface area contributed by atoms with Crippen molar-refractivity contribution in [2.24, 2.45) is 0 Å². The van der Waals surface area contributed by atoms with Crippen LogP contribution in [0.3, 0.4) is 0 Å². The van der Waals surface area contributed by atoms with Gasteiger partial charge in [0.2, 0.25) is 0 Å². The molecule has 10 aromatic carbocycles.